The molecule has 52 heavy (non-hydrogen) atoms. The Morgan fingerprint density at radius 2 is 0.788 bits per heavy atom. The SMILES string of the molecule is [C-]#[N+]/C(C#N)=C1\c2cc(Oc3ccc(C(F)(F)F)cc3)ccc2-c2cc3c(cc21)-c1ccc(Oc2ccc(C(F)(F)F)cc2)cc1/C3=C(\C#N)[N+]#[C-]. The van der Waals surface area contributed by atoms with Crippen molar-refractivity contribution in [3.63, 3.8) is 0 Å². The number of halogens is 6. The monoisotopic (exact) mass is 698 g/mol. The van der Waals surface area contributed by atoms with Gasteiger partial charge < -0.3 is 9.47 Å². The van der Waals surface area contributed by atoms with E-state index in [0.29, 0.717) is 55.7 Å². The van der Waals surface area contributed by atoms with Crippen molar-refractivity contribution in [3.8, 4) is 57.4 Å². The van der Waals surface area contributed by atoms with Crippen molar-refractivity contribution in [1.82, 2.24) is 0 Å². The number of allylic oxidation sites excluding steroid dienone is 2. The van der Waals surface area contributed by atoms with Gasteiger partial charge in [0.1, 0.15) is 23.0 Å². The number of rotatable bonds is 4. The van der Waals surface area contributed by atoms with Crippen LogP contribution in [0.2, 0.25) is 0 Å². The van der Waals surface area contributed by atoms with Crippen LogP contribution in [0, 0.1) is 35.8 Å². The third-order valence-corrected chi connectivity index (χ3v) is 8.54. The van der Waals surface area contributed by atoms with Gasteiger partial charge in [-0.15, -0.1) is 0 Å². The Labute approximate surface area is 291 Å². The normalized spacial score (nSPS) is 14.3. The molecule has 250 valence electrons. The van der Waals surface area contributed by atoms with Crippen molar-refractivity contribution >= 4 is 11.1 Å². The summed E-state index contributed by atoms with van der Waals surface area (Å²) in [4.78, 5) is 6.92. The van der Waals surface area contributed by atoms with Gasteiger partial charge in [0.15, 0.2) is 0 Å². The molecule has 0 aromatic heterocycles. The van der Waals surface area contributed by atoms with Gasteiger partial charge in [-0.2, -0.15) is 26.3 Å². The van der Waals surface area contributed by atoms with Crippen LogP contribution in [0.15, 0.2) is 108 Å². The fourth-order valence-corrected chi connectivity index (χ4v) is 6.29. The maximum Gasteiger partial charge on any atom is 0.416 e. The van der Waals surface area contributed by atoms with E-state index in [-0.39, 0.29) is 34.4 Å². The molecule has 5 aromatic rings. The van der Waals surface area contributed by atoms with Gasteiger partial charge in [0.25, 0.3) is 11.4 Å². The number of hydrogen-bond donors (Lipinski definition) is 0. The molecular weight excluding hydrogens is 682 g/mol. The molecule has 0 bridgehead atoms. The van der Waals surface area contributed by atoms with Crippen LogP contribution in [-0.2, 0) is 12.4 Å². The molecule has 0 N–H and O–H groups in total. The molecule has 2 aliphatic rings. The molecule has 12 heteroatoms. The van der Waals surface area contributed by atoms with Crippen molar-refractivity contribution in [2.75, 3.05) is 0 Å². The highest BCUT2D eigenvalue weighted by Gasteiger charge is 2.35. The van der Waals surface area contributed by atoms with Crippen LogP contribution in [0.25, 0.3) is 43.1 Å². The van der Waals surface area contributed by atoms with Crippen molar-refractivity contribution in [2.24, 2.45) is 0 Å². The Morgan fingerprint density at radius 3 is 1.10 bits per heavy atom. The molecule has 0 saturated heterocycles. The molecule has 0 atom stereocenters. The zero-order chi connectivity index (χ0) is 36.9. The molecule has 7 rings (SSSR count). The molecule has 5 aromatic carbocycles. The molecule has 0 heterocycles. The Balaban J connectivity index is 1.32. The van der Waals surface area contributed by atoms with Gasteiger partial charge in [-0.3, -0.25) is 0 Å². The molecule has 2 aliphatic carbocycles. The zero-order valence-corrected chi connectivity index (χ0v) is 26.1. The average Bonchev–Trinajstić information content (AvgIpc) is 3.59. The maximum absolute atomic E-state index is 13.1. The second-order valence-electron chi connectivity index (χ2n) is 11.5. The molecule has 0 saturated carbocycles. The number of benzene rings is 5. The van der Waals surface area contributed by atoms with Crippen molar-refractivity contribution in [1.29, 1.82) is 10.5 Å². The predicted molar refractivity (Wildman–Crippen MR) is 177 cm³/mol. The zero-order valence-electron chi connectivity index (χ0n) is 26.1. The molecule has 0 radical (unpaired) electrons. The van der Waals surface area contributed by atoms with E-state index in [1.165, 1.54) is 24.3 Å². The van der Waals surface area contributed by atoms with Crippen LogP contribution < -0.4 is 9.47 Å². The van der Waals surface area contributed by atoms with Gasteiger partial charge in [0.2, 0.25) is 0 Å². The van der Waals surface area contributed by atoms with Gasteiger partial charge >= 0.3 is 12.4 Å². The summed E-state index contributed by atoms with van der Waals surface area (Å²) in [6, 6.07) is 25.5. The standard InChI is InChI=1S/C40H16F6N4O2/c1-49-35(19-47)37-31-15-25(51-23-7-3-21(4-8-23)39(41,42)43)11-13-27(31)29-18-34-30(17-33(29)37)28-14-12-26(16-32(28)38(34)36(20-48)50-2)52-24-9-5-22(6-10-24)40(44,45)46/h3-18H/b37-35-,38-36+. The molecule has 0 amide bonds. The van der Waals surface area contributed by atoms with Gasteiger partial charge in [-0.05, 0) is 129 Å². The van der Waals surface area contributed by atoms with E-state index >= 15 is 0 Å². The van der Waals surface area contributed by atoms with E-state index in [1.54, 1.807) is 48.5 Å². The third-order valence-electron chi connectivity index (χ3n) is 8.54. The van der Waals surface area contributed by atoms with Gasteiger partial charge in [-0.1, -0.05) is 12.1 Å². The summed E-state index contributed by atoms with van der Waals surface area (Å²) in [6.07, 6.45) is -9.04. The van der Waals surface area contributed by atoms with E-state index in [1.807, 2.05) is 12.1 Å². The van der Waals surface area contributed by atoms with E-state index in [9.17, 15) is 36.9 Å². The van der Waals surface area contributed by atoms with Gasteiger partial charge in [-0.25, -0.2) is 20.2 Å². The van der Waals surface area contributed by atoms with Crippen molar-refractivity contribution in [3.05, 3.63) is 165 Å². The Kier molecular flexibility index (Phi) is 7.82. The largest absolute Gasteiger partial charge is 0.457 e. The lowest BCUT2D eigenvalue weighted by Gasteiger charge is -2.11. The Hall–Kier alpha value is -7.28. The first-order valence-corrected chi connectivity index (χ1v) is 15.1. The summed E-state index contributed by atoms with van der Waals surface area (Å²) in [7, 11) is 0. The number of alkyl halides is 6. The summed E-state index contributed by atoms with van der Waals surface area (Å²) in [5.74, 6) is 0.750. The van der Waals surface area contributed by atoms with Crippen LogP contribution in [0.1, 0.15) is 33.4 Å². The number of hydrogen-bond acceptors (Lipinski definition) is 4. The highest BCUT2D eigenvalue weighted by Crippen LogP contribution is 2.54. The minimum Gasteiger partial charge on any atom is -0.457 e. The van der Waals surface area contributed by atoms with Crippen LogP contribution in [-0.4, -0.2) is 0 Å². The molecule has 0 aliphatic heterocycles. The van der Waals surface area contributed by atoms with E-state index in [2.05, 4.69) is 9.69 Å². The quantitative estimate of drug-likeness (QED) is 0.104. The lowest BCUT2D eigenvalue weighted by atomic mass is 9.95. The van der Waals surface area contributed by atoms with Crippen molar-refractivity contribution in [2.45, 2.75) is 12.4 Å². The maximum atomic E-state index is 13.1. The highest BCUT2D eigenvalue weighted by atomic mass is 19.4. The first kappa shape index (κ1) is 33.2. The van der Waals surface area contributed by atoms with Crippen LogP contribution >= 0.6 is 0 Å². The number of nitrogens with zero attached hydrogens (tertiary/aromatic N) is 4. The van der Waals surface area contributed by atoms with Gasteiger partial charge in [0.05, 0.1) is 36.4 Å². The fourth-order valence-electron chi connectivity index (χ4n) is 6.29. The lowest BCUT2D eigenvalue weighted by molar-refractivity contribution is -0.138. The van der Waals surface area contributed by atoms with E-state index in [4.69, 9.17) is 22.6 Å². The Morgan fingerprint density at radius 1 is 0.462 bits per heavy atom. The highest BCUT2D eigenvalue weighted by molar-refractivity contribution is 6.10. The predicted octanol–water partition coefficient (Wildman–Crippen LogP) is 11.7. The molecule has 6 nitrogen and oxygen atoms in total. The first-order valence-electron chi connectivity index (χ1n) is 15.1. The molecule has 0 spiro atoms. The summed E-state index contributed by atoms with van der Waals surface area (Å²) >= 11 is 0. The fraction of sp³-hybridized carbons (Fsp3) is 0.0500. The van der Waals surface area contributed by atoms with Crippen molar-refractivity contribution < 1.29 is 35.8 Å². The number of fused-ring (bicyclic) bond motifs is 6. The van der Waals surface area contributed by atoms with Crippen LogP contribution in [0.5, 0.6) is 23.0 Å². The topological polar surface area (TPSA) is 74.8 Å². The summed E-state index contributed by atoms with van der Waals surface area (Å²) in [6.45, 7) is 15.5. The third kappa shape index (κ3) is 5.65. The average molecular weight is 699 g/mol. The van der Waals surface area contributed by atoms with Crippen LogP contribution in [0.3, 0.4) is 0 Å². The second-order valence-corrected chi connectivity index (χ2v) is 11.5. The van der Waals surface area contributed by atoms with E-state index in [0.717, 1.165) is 24.3 Å². The smallest absolute Gasteiger partial charge is 0.416 e. The Bertz CT molecular complexity index is 2360. The molecular formula is C40H16F6N4O2. The number of nitriles is 2. The number of ether oxygens (including phenoxy) is 2. The van der Waals surface area contributed by atoms with Crippen LogP contribution in [0.4, 0.5) is 26.3 Å². The van der Waals surface area contributed by atoms with Gasteiger partial charge in [0, 0.05) is 11.1 Å². The van der Waals surface area contributed by atoms with E-state index < -0.39 is 23.5 Å². The molecule has 0 unspecified atom stereocenters. The summed E-state index contributed by atoms with van der Waals surface area (Å²) in [5, 5.41) is 20.0. The summed E-state index contributed by atoms with van der Waals surface area (Å²) in [5.41, 5.74) is 2.84. The second kappa shape index (κ2) is 12.2. The lowest BCUT2D eigenvalue weighted by Crippen LogP contribution is -2.04. The molecule has 0 fully saturated rings. The minimum atomic E-state index is -4.52. The first-order chi connectivity index (χ1) is 24.8. The summed E-state index contributed by atoms with van der Waals surface area (Å²) < 4.78 is 90.1. The minimum absolute atomic E-state index is 0.134.